The lowest BCUT2D eigenvalue weighted by atomic mass is 9.75. The molecule has 7 heteroatoms. The number of halogens is 4. The summed E-state index contributed by atoms with van der Waals surface area (Å²) in [7, 11) is 0. The molecule has 0 bridgehead atoms. The summed E-state index contributed by atoms with van der Waals surface area (Å²) in [6.45, 7) is 3.26. The molecule has 134 valence electrons. The fourth-order valence-electron chi connectivity index (χ4n) is 4.48. The van der Waals surface area contributed by atoms with Crippen LogP contribution in [0.2, 0.25) is 0 Å². The Kier molecular flexibility index (Phi) is 5.88. The second kappa shape index (κ2) is 7.18. The third-order valence-electron chi connectivity index (χ3n) is 5.97. The average molecular weight is 355 g/mol. The van der Waals surface area contributed by atoms with Crippen LogP contribution in [0.15, 0.2) is 0 Å². The summed E-state index contributed by atoms with van der Waals surface area (Å²) in [5, 5.41) is 3.36. The minimum Gasteiger partial charge on any atom is -0.342 e. The Labute approximate surface area is 141 Å². The second-order valence-corrected chi connectivity index (χ2v) is 7.29. The van der Waals surface area contributed by atoms with Gasteiger partial charge in [0.15, 0.2) is 0 Å². The lowest BCUT2D eigenvalue weighted by Gasteiger charge is -2.42. The van der Waals surface area contributed by atoms with Crippen LogP contribution in [-0.2, 0) is 4.79 Å². The van der Waals surface area contributed by atoms with Crippen molar-refractivity contribution in [2.45, 2.75) is 51.1 Å². The molecule has 2 aliphatic heterocycles. The summed E-state index contributed by atoms with van der Waals surface area (Å²) in [5.41, 5.74) is 0.284. The Balaban J connectivity index is 0.00000192. The van der Waals surface area contributed by atoms with Crippen molar-refractivity contribution in [1.29, 1.82) is 0 Å². The summed E-state index contributed by atoms with van der Waals surface area (Å²) in [6.07, 6.45) is 0.572. The number of carbonyl (C=O) groups is 1. The molecule has 3 fully saturated rings. The summed E-state index contributed by atoms with van der Waals surface area (Å²) < 4.78 is 39.5. The summed E-state index contributed by atoms with van der Waals surface area (Å²) in [6, 6.07) is 0. The second-order valence-electron chi connectivity index (χ2n) is 7.29. The predicted octanol–water partition coefficient (Wildman–Crippen LogP) is 3.38. The van der Waals surface area contributed by atoms with Crippen LogP contribution in [0.5, 0.6) is 0 Å². The Morgan fingerprint density at radius 2 is 1.74 bits per heavy atom. The van der Waals surface area contributed by atoms with E-state index in [-0.39, 0.29) is 30.2 Å². The maximum Gasteiger partial charge on any atom is 0.392 e. The van der Waals surface area contributed by atoms with Crippen LogP contribution in [-0.4, -0.2) is 43.2 Å². The third-order valence-corrected chi connectivity index (χ3v) is 5.97. The Morgan fingerprint density at radius 3 is 2.30 bits per heavy atom. The number of amides is 1. The van der Waals surface area contributed by atoms with Crippen molar-refractivity contribution in [3.63, 3.8) is 0 Å². The van der Waals surface area contributed by atoms with Crippen molar-refractivity contribution in [2.24, 2.45) is 17.3 Å². The number of nitrogens with one attached hydrogen (secondary N) is 1. The molecular formula is C16H26ClF3N2O. The summed E-state index contributed by atoms with van der Waals surface area (Å²) in [5.74, 6) is -2.52. The Hall–Kier alpha value is -0.490. The minimum absolute atomic E-state index is 0. The highest BCUT2D eigenvalue weighted by Gasteiger charge is 2.49. The van der Waals surface area contributed by atoms with Crippen LogP contribution in [0.1, 0.15) is 44.9 Å². The van der Waals surface area contributed by atoms with Gasteiger partial charge in [-0.1, -0.05) is 12.8 Å². The highest BCUT2D eigenvalue weighted by molar-refractivity contribution is 5.85. The lowest BCUT2D eigenvalue weighted by Crippen LogP contribution is -2.49. The van der Waals surface area contributed by atoms with Gasteiger partial charge in [0.2, 0.25) is 5.91 Å². The monoisotopic (exact) mass is 354 g/mol. The van der Waals surface area contributed by atoms with E-state index in [2.05, 4.69) is 5.32 Å². The van der Waals surface area contributed by atoms with E-state index in [9.17, 15) is 18.0 Å². The van der Waals surface area contributed by atoms with Gasteiger partial charge in [0.25, 0.3) is 0 Å². The molecule has 2 saturated heterocycles. The van der Waals surface area contributed by atoms with Gasteiger partial charge in [0.1, 0.15) is 0 Å². The van der Waals surface area contributed by atoms with E-state index < -0.39 is 18.0 Å². The Morgan fingerprint density at radius 1 is 1.09 bits per heavy atom. The molecule has 1 spiro atoms. The number of alkyl halides is 3. The van der Waals surface area contributed by atoms with Gasteiger partial charge in [0, 0.05) is 25.6 Å². The van der Waals surface area contributed by atoms with Crippen molar-refractivity contribution < 1.29 is 18.0 Å². The molecule has 0 aromatic carbocycles. The molecule has 1 saturated carbocycles. The highest BCUT2D eigenvalue weighted by atomic mass is 35.5. The fraction of sp³-hybridized carbons (Fsp3) is 0.938. The first-order valence-corrected chi connectivity index (χ1v) is 8.48. The maximum atomic E-state index is 13.2. The van der Waals surface area contributed by atoms with Crippen LogP contribution < -0.4 is 5.32 Å². The van der Waals surface area contributed by atoms with E-state index in [1.54, 1.807) is 4.90 Å². The number of rotatable bonds is 1. The molecule has 2 unspecified atom stereocenters. The molecule has 2 atom stereocenters. The predicted molar refractivity (Wildman–Crippen MR) is 84.5 cm³/mol. The maximum absolute atomic E-state index is 13.2. The number of piperidine rings is 1. The van der Waals surface area contributed by atoms with Crippen LogP contribution >= 0.6 is 12.4 Å². The van der Waals surface area contributed by atoms with Gasteiger partial charge >= 0.3 is 6.18 Å². The van der Waals surface area contributed by atoms with Crippen molar-refractivity contribution in [2.75, 3.05) is 26.2 Å². The quantitative estimate of drug-likeness (QED) is 0.783. The number of likely N-dealkylation sites (tertiary alicyclic amines) is 1. The van der Waals surface area contributed by atoms with E-state index in [1.165, 1.54) is 0 Å². The molecule has 23 heavy (non-hydrogen) atoms. The first kappa shape index (κ1) is 18.8. The molecule has 3 nitrogen and oxygen atoms in total. The highest BCUT2D eigenvalue weighted by Crippen LogP contribution is 2.43. The lowest BCUT2D eigenvalue weighted by molar-refractivity contribution is -0.201. The number of nitrogens with zero attached hydrogens (tertiary/aromatic N) is 1. The van der Waals surface area contributed by atoms with Crippen LogP contribution in [0.4, 0.5) is 13.2 Å². The van der Waals surface area contributed by atoms with E-state index in [0.717, 1.165) is 38.8 Å². The van der Waals surface area contributed by atoms with E-state index in [4.69, 9.17) is 0 Å². The van der Waals surface area contributed by atoms with Gasteiger partial charge in [-0.15, -0.1) is 12.4 Å². The molecule has 1 amide bonds. The smallest absolute Gasteiger partial charge is 0.342 e. The first-order valence-electron chi connectivity index (χ1n) is 8.48. The minimum atomic E-state index is -4.24. The van der Waals surface area contributed by atoms with Crippen LogP contribution in [0.25, 0.3) is 0 Å². The first-order chi connectivity index (χ1) is 10.4. The molecule has 1 N–H and O–H groups in total. The van der Waals surface area contributed by atoms with Crippen molar-refractivity contribution in [3.8, 4) is 0 Å². The van der Waals surface area contributed by atoms with Crippen molar-refractivity contribution >= 4 is 18.3 Å². The summed E-state index contributed by atoms with van der Waals surface area (Å²) in [4.78, 5) is 14.3. The van der Waals surface area contributed by atoms with Crippen LogP contribution in [0.3, 0.4) is 0 Å². The van der Waals surface area contributed by atoms with Gasteiger partial charge < -0.3 is 10.2 Å². The SMILES string of the molecule is Cl.O=C(C1CCCCC1C(F)(F)F)N1CCC2(CCNC2)CC1. The summed E-state index contributed by atoms with van der Waals surface area (Å²) >= 11 is 0. The topological polar surface area (TPSA) is 32.3 Å². The van der Waals surface area contributed by atoms with Gasteiger partial charge in [0.05, 0.1) is 5.92 Å². The molecule has 3 aliphatic rings. The third kappa shape index (κ3) is 3.95. The van der Waals surface area contributed by atoms with Crippen LogP contribution in [0, 0.1) is 17.3 Å². The largest absolute Gasteiger partial charge is 0.392 e. The molecule has 0 radical (unpaired) electrons. The van der Waals surface area contributed by atoms with E-state index in [1.807, 2.05) is 0 Å². The number of hydrogen-bond donors (Lipinski definition) is 1. The number of carbonyl (C=O) groups excluding carboxylic acids is 1. The normalized spacial score (nSPS) is 31.0. The zero-order valence-electron chi connectivity index (χ0n) is 13.3. The van der Waals surface area contributed by atoms with Crippen molar-refractivity contribution in [3.05, 3.63) is 0 Å². The molecule has 0 aromatic heterocycles. The Bertz CT molecular complexity index is 414. The molecule has 2 heterocycles. The standard InChI is InChI=1S/C16H25F3N2O.ClH/c17-16(18,19)13-4-2-1-3-12(13)14(22)21-9-6-15(7-10-21)5-8-20-11-15;/h12-13,20H,1-11H2;1H. The average Bonchev–Trinajstić information content (AvgIpc) is 2.95. The van der Waals surface area contributed by atoms with Gasteiger partial charge in [-0.2, -0.15) is 13.2 Å². The zero-order valence-corrected chi connectivity index (χ0v) is 14.1. The fourth-order valence-corrected chi connectivity index (χ4v) is 4.48. The molecule has 1 aliphatic carbocycles. The van der Waals surface area contributed by atoms with E-state index >= 15 is 0 Å². The molecule has 3 rings (SSSR count). The van der Waals surface area contributed by atoms with Gasteiger partial charge in [-0.3, -0.25) is 4.79 Å². The zero-order chi connectivity index (χ0) is 15.8. The molecule has 0 aromatic rings. The molecular weight excluding hydrogens is 329 g/mol. The van der Waals surface area contributed by atoms with E-state index in [0.29, 0.717) is 25.9 Å². The van der Waals surface area contributed by atoms with Gasteiger partial charge in [-0.25, -0.2) is 0 Å². The number of hydrogen-bond acceptors (Lipinski definition) is 2. The van der Waals surface area contributed by atoms with Crippen molar-refractivity contribution in [1.82, 2.24) is 10.2 Å². The van der Waals surface area contributed by atoms with Gasteiger partial charge in [-0.05, 0) is 44.1 Å².